The monoisotopic (exact) mass is 358 g/mol. The van der Waals surface area contributed by atoms with Crippen molar-refractivity contribution in [3.63, 3.8) is 0 Å². The lowest BCUT2D eigenvalue weighted by Crippen LogP contribution is -2.62. The molecule has 25 heavy (non-hydrogen) atoms. The van der Waals surface area contributed by atoms with E-state index in [-0.39, 0.29) is 11.9 Å². The predicted octanol–water partition coefficient (Wildman–Crippen LogP) is 2.73. The van der Waals surface area contributed by atoms with Gasteiger partial charge in [-0.3, -0.25) is 9.69 Å². The van der Waals surface area contributed by atoms with Crippen LogP contribution in [0.2, 0.25) is 0 Å². The quantitative estimate of drug-likeness (QED) is 0.822. The Morgan fingerprint density at radius 1 is 1.32 bits per heavy atom. The van der Waals surface area contributed by atoms with Crippen molar-refractivity contribution < 1.29 is 9.53 Å². The molecule has 4 heterocycles. The highest BCUT2D eigenvalue weighted by Gasteiger charge is 2.40. The van der Waals surface area contributed by atoms with Crippen LogP contribution in [0.3, 0.4) is 0 Å². The van der Waals surface area contributed by atoms with E-state index in [2.05, 4.69) is 22.1 Å². The molecule has 3 fully saturated rings. The highest BCUT2D eigenvalue weighted by atomic mass is 32.1. The number of thiazole rings is 1. The summed E-state index contributed by atoms with van der Waals surface area (Å²) in [4.78, 5) is 19.3. The predicted molar refractivity (Wildman–Crippen MR) is 98.1 cm³/mol. The molecular weight excluding hydrogens is 336 g/mol. The topological polar surface area (TPSA) is 80.5 Å². The van der Waals surface area contributed by atoms with Gasteiger partial charge in [0.1, 0.15) is 5.75 Å². The highest BCUT2D eigenvalue weighted by molar-refractivity contribution is 7.15. The van der Waals surface area contributed by atoms with E-state index in [1.165, 1.54) is 24.2 Å². The third-order valence-corrected chi connectivity index (χ3v) is 6.13. The van der Waals surface area contributed by atoms with Gasteiger partial charge in [-0.25, -0.2) is 4.98 Å². The Hall–Kier alpha value is -2.12. The minimum Gasteiger partial charge on any atom is -0.445 e. The number of nitrogens with zero attached hydrogens (tertiary/aromatic N) is 2. The van der Waals surface area contributed by atoms with Crippen LogP contribution in [0.15, 0.2) is 30.5 Å². The fourth-order valence-corrected chi connectivity index (χ4v) is 4.51. The molecule has 0 aliphatic carbocycles. The van der Waals surface area contributed by atoms with E-state index in [0.29, 0.717) is 33.5 Å². The maximum Gasteiger partial charge on any atom is 0.280 e. The average molecular weight is 358 g/mol. The molecular formula is C18H22N4O2S. The van der Waals surface area contributed by atoms with Crippen molar-refractivity contribution in [3.05, 3.63) is 35.5 Å². The van der Waals surface area contributed by atoms with Crippen molar-refractivity contribution in [2.45, 2.75) is 31.8 Å². The van der Waals surface area contributed by atoms with Gasteiger partial charge in [-0.2, -0.15) is 0 Å². The van der Waals surface area contributed by atoms with Crippen molar-refractivity contribution in [2.75, 3.05) is 18.8 Å². The van der Waals surface area contributed by atoms with Gasteiger partial charge in [0.25, 0.3) is 5.91 Å². The number of ether oxygens (including phenoxy) is 1. The van der Waals surface area contributed by atoms with E-state index in [0.717, 1.165) is 13.1 Å². The molecule has 3 aliphatic rings. The zero-order valence-electron chi connectivity index (χ0n) is 14.1. The van der Waals surface area contributed by atoms with E-state index >= 15 is 0 Å². The van der Waals surface area contributed by atoms with Gasteiger partial charge in [0.2, 0.25) is 5.06 Å². The normalized spacial score (nSPS) is 27.9. The maximum absolute atomic E-state index is 12.6. The van der Waals surface area contributed by atoms with Gasteiger partial charge in [-0.15, -0.1) is 0 Å². The zero-order chi connectivity index (χ0) is 17.4. The number of nitrogen functional groups attached to an aromatic ring is 1. The van der Waals surface area contributed by atoms with Gasteiger partial charge < -0.3 is 15.8 Å². The van der Waals surface area contributed by atoms with Gasteiger partial charge in [0.15, 0.2) is 5.01 Å². The van der Waals surface area contributed by atoms with E-state index in [1.807, 2.05) is 0 Å². The number of piperidine rings is 3. The van der Waals surface area contributed by atoms with Crippen LogP contribution in [-0.2, 0) is 0 Å². The van der Waals surface area contributed by atoms with Crippen LogP contribution >= 0.6 is 11.3 Å². The third-order valence-electron chi connectivity index (χ3n) is 5.25. The molecule has 1 amide bonds. The number of benzene rings is 1. The van der Waals surface area contributed by atoms with Crippen LogP contribution in [0.25, 0.3) is 0 Å². The largest absolute Gasteiger partial charge is 0.445 e. The summed E-state index contributed by atoms with van der Waals surface area (Å²) in [5.74, 6) is 1.15. The van der Waals surface area contributed by atoms with Crippen molar-refractivity contribution in [1.29, 1.82) is 0 Å². The zero-order valence-corrected chi connectivity index (χ0v) is 15.0. The number of aromatic nitrogens is 1. The second-order valence-electron chi connectivity index (χ2n) is 6.77. The molecule has 0 unspecified atom stereocenters. The Balaban J connectivity index is 1.41. The SMILES string of the molecule is C[C@H]1[C@H](NC(=O)c2ncc(Oc3ccc(N)cc3)s2)C2CCN1CC2. The molecule has 5 rings (SSSR count). The van der Waals surface area contributed by atoms with Gasteiger partial charge >= 0.3 is 0 Å². The van der Waals surface area contributed by atoms with Crippen LogP contribution in [0.4, 0.5) is 5.69 Å². The molecule has 1 aromatic carbocycles. The number of fused-ring (bicyclic) bond motifs is 3. The lowest BCUT2D eigenvalue weighted by atomic mass is 9.79. The van der Waals surface area contributed by atoms with Gasteiger partial charge in [-0.1, -0.05) is 11.3 Å². The molecule has 6 nitrogen and oxygen atoms in total. The minimum atomic E-state index is -0.109. The molecule has 2 aromatic rings. The van der Waals surface area contributed by atoms with Crippen LogP contribution in [0.5, 0.6) is 10.8 Å². The molecule has 3 aliphatic heterocycles. The Labute approximate surface area is 151 Å². The summed E-state index contributed by atoms with van der Waals surface area (Å²) in [5, 5.41) is 4.23. The van der Waals surface area contributed by atoms with E-state index in [4.69, 9.17) is 10.5 Å². The summed E-state index contributed by atoms with van der Waals surface area (Å²) in [6.07, 6.45) is 3.92. The van der Waals surface area contributed by atoms with Crippen molar-refractivity contribution in [3.8, 4) is 10.8 Å². The number of anilines is 1. The van der Waals surface area contributed by atoms with Crippen molar-refractivity contribution >= 4 is 22.9 Å². The Morgan fingerprint density at radius 2 is 2.04 bits per heavy atom. The number of hydrogen-bond acceptors (Lipinski definition) is 6. The molecule has 0 saturated carbocycles. The molecule has 2 atom stereocenters. The fraction of sp³-hybridized carbons (Fsp3) is 0.444. The third kappa shape index (κ3) is 3.34. The summed E-state index contributed by atoms with van der Waals surface area (Å²) in [6, 6.07) is 7.74. The molecule has 7 heteroatoms. The number of nitrogens with one attached hydrogen (secondary N) is 1. The van der Waals surface area contributed by atoms with Crippen molar-refractivity contribution in [2.24, 2.45) is 5.92 Å². The van der Waals surface area contributed by atoms with E-state index in [1.54, 1.807) is 30.5 Å². The summed E-state index contributed by atoms with van der Waals surface area (Å²) >= 11 is 1.26. The number of amides is 1. The Kier molecular flexibility index (Phi) is 4.35. The van der Waals surface area contributed by atoms with E-state index in [9.17, 15) is 4.79 Å². The smallest absolute Gasteiger partial charge is 0.280 e. The number of carbonyl (C=O) groups is 1. The Bertz CT molecular complexity index is 751. The number of hydrogen-bond donors (Lipinski definition) is 2. The lowest BCUT2D eigenvalue weighted by molar-refractivity contribution is 0.0217. The first-order valence-corrected chi connectivity index (χ1v) is 9.46. The lowest BCUT2D eigenvalue weighted by Gasteiger charge is -2.49. The van der Waals surface area contributed by atoms with Crippen LogP contribution in [0, 0.1) is 5.92 Å². The highest BCUT2D eigenvalue weighted by Crippen LogP contribution is 2.33. The van der Waals surface area contributed by atoms with Gasteiger partial charge in [0.05, 0.1) is 6.20 Å². The maximum atomic E-state index is 12.6. The van der Waals surface area contributed by atoms with Gasteiger partial charge in [-0.05, 0) is 63.0 Å². The summed E-state index contributed by atoms with van der Waals surface area (Å²) < 4.78 is 5.74. The van der Waals surface area contributed by atoms with Crippen LogP contribution in [-0.4, -0.2) is 41.0 Å². The summed E-state index contributed by atoms with van der Waals surface area (Å²) in [6.45, 7) is 4.50. The first-order valence-electron chi connectivity index (χ1n) is 8.64. The second kappa shape index (κ2) is 6.65. The first-order chi connectivity index (χ1) is 12.1. The summed E-state index contributed by atoms with van der Waals surface area (Å²) in [5.41, 5.74) is 6.35. The molecule has 3 saturated heterocycles. The summed E-state index contributed by atoms with van der Waals surface area (Å²) in [7, 11) is 0. The van der Waals surface area contributed by atoms with Crippen LogP contribution in [0.1, 0.15) is 29.6 Å². The molecule has 132 valence electrons. The van der Waals surface area contributed by atoms with E-state index < -0.39 is 0 Å². The number of rotatable bonds is 4. The molecule has 0 radical (unpaired) electrons. The molecule has 3 N–H and O–H groups in total. The molecule has 1 aromatic heterocycles. The fourth-order valence-electron chi connectivity index (χ4n) is 3.82. The minimum absolute atomic E-state index is 0.109. The van der Waals surface area contributed by atoms with Crippen LogP contribution < -0.4 is 15.8 Å². The van der Waals surface area contributed by atoms with Crippen molar-refractivity contribution in [1.82, 2.24) is 15.2 Å². The Morgan fingerprint density at radius 3 is 2.72 bits per heavy atom. The molecule has 2 bridgehead atoms. The molecule has 0 spiro atoms. The average Bonchev–Trinajstić information content (AvgIpc) is 3.09. The first kappa shape index (κ1) is 16.4. The standard InChI is InChI=1S/C18H22N4O2S/c1-11-16(12-6-8-22(11)9-7-12)21-17(23)18-20-10-15(25-18)24-14-4-2-13(19)3-5-14/h2-5,10-12,16H,6-9,19H2,1H3,(H,21,23)/t11-,16-/m0/s1. The number of carbonyl (C=O) groups excluding carboxylic acids is 1. The second-order valence-corrected chi connectivity index (χ2v) is 7.76. The number of nitrogens with two attached hydrogens (primary N) is 1. The van der Waals surface area contributed by atoms with Gasteiger partial charge in [0, 0.05) is 17.8 Å².